The summed E-state index contributed by atoms with van der Waals surface area (Å²) in [6.45, 7) is 4.03. The highest BCUT2D eigenvalue weighted by atomic mass is 32.2. The molecule has 87 valence electrons. The number of ketones is 2. The van der Waals surface area contributed by atoms with E-state index in [1.165, 1.54) is 4.90 Å². The highest BCUT2D eigenvalue weighted by Crippen LogP contribution is 2.30. The fourth-order valence-corrected chi connectivity index (χ4v) is 2.74. The predicted molar refractivity (Wildman–Crippen MR) is 70.5 cm³/mol. The van der Waals surface area contributed by atoms with Crippen molar-refractivity contribution in [3.63, 3.8) is 0 Å². The zero-order valence-corrected chi connectivity index (χ0v) is 10.6. The number of hydrogen-bond donors (Lipinski definition) is 0. The Labute approximate surface area is 106 Å². The predicted octanol–water partition coefficient (Wildman–Crippen LogP) is 2.85. The molecule has 1 fully saturated rings. The van der Waals surface area contributed by atoms with Gasteiger partial charge in [0, 0.05) is 12.8 Å². The van der Waals surface area contributed by atoms with Crippen LogP contribution in [-0.2, 0) is 9.59 Å². The Morgan fingerprint density at radius 3 is 2.24 bits per heavy atom. The lowest BCUT2D eigenvalue weighted by Gasteiger charge is -2.20. The van der Waals surface area contributed by atoms with Gasteiger partial charge in [-0.2, -0.15) is 11.6 Å². The van der Waals surface area contributed by atoms with E-state index in [2.05, 4.69) is 0 Å². The molecule has 1 saturated carbocycles. The van der Waals surface area contributed by atoms with Gasteiger partial charge >= 0.3 is 0 Å². The molecule has 4 heteroatoms. The molecule has 0 heterocycles. The molecule has 0 aliphatic heterocycles. The number of rotatable bonds is 3. The van der Waals surface area contributed by atoms with Gasteiger partial charge < -0.3 is 0 Å². The van der Waals surface area contributed by atoms with Crippen molar-refractivity contribution in [1.29, 1.82) is 0 Å². The third-order valence-electron chi connectivity index (χ3n) is 2.95. The first-order valence-corrected chi connectivity index (χ1v) is 6.65. The topological polar surface area (TPSA) is 34.1 Å². The summed E-state index contributed by atoms with van der Waals surface area (Å²) in [4.78, 5) is 24.0. The quantitative estimate of drug-likeness (QED) is 0.606. The van der Waals surface area contributed by atoms with E-state index >= 15 is 0 Å². The SMILES string of the molecule is C[B]Sc1ccc(C2CC(=O)CC(=O)C2)cc1. The van der Waals surface area contributed by atoms with Crippen molar-refractivity contribution in [2.75, 3.05) is 0 Å². The summed E-state index contributed by atoms with van der Waals surface area (Å²) >= 11 is 1.67. The van der Waals surface area contributed by atoms with Crippen molar-refractivity contribution >= 4 is 29.7 Å². The van der Waals surface area contributed by atoms with Crippen LogP contribution in [0.4, 0.5) is 0 Å². The van der Waals surface area contributed by atoms with Crippen molar-refractivity contribution in [3.05, 3.63) is 29.8 Å². The Hall–Kier alpha value is -1.03. The van der Waals surface area contributed by atoms with Crippen molar-refractivity contribution in [2.45, 2.75) is 36.9 Å². The van der Waals surface area contributed by atoms with E-state index in [9.17, 15) is 9.59 Å². The van der Waals surface area contributed by atoms with Gasteiger partial charge in [0.2, 0.25) is 0 Å². The van der Waals surface area contributed by atoms with Gasteiger partial charge in [0.15, 0.2) is 6.56 Å². The molecule has 2 nitrogen and oxygen atoms in total. The molecule has 0 aromatic heterocycles. The molecule has 1 aromatic carbocycles. The number of hydrogen-bond acceptors (Lipinski definition) is 3. The number of Topliss-reactive ketones (excluding diaryl/α,β-unsaturated/α-hetero) is 2. The first-order chi connectivity index (χ1) is 8.19. The van der Waals surface area contributed by atoms with Gasteiger partial charge in [0.25, 0.3) is 0 Å². The summed E-state index contributed by atoms with van der Waals surface area (Å²) < 4.78 is 0. The van der Waals surface area contributed by atoms with Crippen LogP contribution in [0.15, 0.2) is 29.2 Å². The molecule has 0 amide bonds. The van der Waals surface area contributed by atoms with E-state index in [4.69, 9.17) is 0 Å². The van der Waals surface area contributed by atoms with Crippen LogP contribution in [0.5, 0.6) is 0 Å². The van der Waals surface area contributed by atoms with Crippen molar-refractivity contribution < 1.29 is 9.59 Å². The Balaban J connectivity index is 2.11. The molecule has 0 bridgehead atoms. The molecule has 1 radical (unpaired) electrons. The Kier molecular flexibility index (Phi) is 4.05. The van der Waals surface area contributed by atoms with Crippen molar-refractivity contribution in [3.8, 4) is 0 Å². The smallest absolute Gasteiger partial charge is 0.195 e. The summed E-state index contributed by atoms with van der Waals surface area (Å²) in [5.41, 5.74) is 1.10. The highest BCUT2D eigenvalue weighted by Gasteiger charge is 2.26. The molecule has 2 rings (SSSR count). The molecule has 1 aromatic rings. The van der Waals surface area contributed by atoms with Gasteiger partial charge in [-0.15, -0.1) is 0 Å². The molecule has 0 unspecified atom stereocenters. The van der Waals surface area contributed by atoms with Crippen LogP contribution < -0.4 is 0 Å². The number of carbonyl (C=O) groups is 2. The van der Waals surface area contributed by atoms with Gasteiger partial charge in [-0.25, -0.2) is 0 Å². The lowest BCUT2D eigenvalue weighted by atomic mass is 9.83. The largest absolute Gasteiger partial charge is 0.299 e. The van der Waals surface area contributed by atoms with E-state index in [1.807, 2.05) is 37.6 Å². The maximum atomic E-state index is 11.4. The second-order valence-corrected chi connectivity index (χ2v) is 5.46. The third kappa shape index (κ3) is 3.22. The minimum atomic E-state index is 0.0755. The van der Waals surface area contributed by atoms with Crippen molar-refractivity contribution in [1.82, 2.24) is 0 Å². The summed E-state index contributed by atoms with van der Waals surface area (Å²) in [6.07, 6.45) is 1.16. The van der Waals surface area contributed by atoms with Crippen LogP contribution >= 0.6 is 11.6 Å². The van der Waals surface area contributed by atoms with Crippen LogP contribution in [0, 0.1) is 0 Å². The summed E-state index contributed by atoms with van der Waals surface area (Å²) in [7, 11) is 0. The average Bonchev–Trinajstić information content (AvgIpc) is 2.29. The first kappa shape index (κ1) is 12.4. The second kappa shape index (κ2) is 5.54. The zero-order valence-electron chi connectivity index (χ0n) is 9.81. The maximum Gasteiger partial charge on any atom is 0.195 e. The minimum absolute atomic E-state index is 0.0755. The van der Waals surface area contributed by atoms with E-state index < -0.39 is 0 Å². The van der Waals surface area contributed by atoms with Crippen LogP contribution in [0.3, 0.4) is 0 Å². The summed E-state index contributed by atoms with van der Waals surface area (Å²) in [6, 6.07) is 8.15. The summed E-state index contributed by atoms with van der Waals surface area (Å²) in [5, 5.41) is 0. The van der Waals surface area contributed by atoms with Crippen LogP contribution in [0.2, 0.25) is 6.82 Å². The molecular formula is C13H14BO2S. The molecule has 17 heavy (non-hydrogen) atoms. The van der Waals surface area contributed by atoms with E-state index in [1.54, 1.807) is 11.6 Å². The Morgan fingerprint density at radius 2 is 1.71 bits per heavy atom. The number of carbonyl (C=O) groups excluding carboxylic acids is 2. The van der Waals surface area contributed by atoms with Gasteiger partial charge in [-0.1, -0.05) is 19.0 Å². The molecule has 0 spiro atoms. The second-order valence-electron chi connectivity index (χ2n) is 4.28. The van der Waals surface area contributed by atoms with Crippen LogP contribution in [0.25, 0.3) is 0 Å². The molecular weight excluding hydrogens is 231 g/mol. The van der Waals surface area contributed by atoms with Crippen molar-refractivity contribution in [2.24, 2.45) is 0 Å². The lowest BCUT2D eigenvalue weighted by molar-refractivity contribution is -0.130. The number of benzene rings is 1. The van der Waals surface area contributed by atoms with Gasteiger partial charge in [0.05, 0.1) is 6.42 Å². The molecule has 0 saturated heterocycles. The zero-order chi connectivity index (χ0) is 12.3. The molecule has 0 N–H and O–H groups in total. The normalized spacial score (nSPS) is 17.2. The monoisotopic (exact) mass is 245 g/mol. The fraction of sp³-hybridized carbons (Fsp3) is 0.385. The lowest BCUT2D eigenvalue weighted by Crippen LogP contribution is -2.21. The Morgan fingerprint density at radius 1 is 1.12 bits per heavy atom. The van der Waals surface area contributed by atoms with Gasteiger partial charge in [-0.05, 0) is 28.5 Å². The molecule has 1 aliphatic carbocycles. The van der Waals surface area contributed by atoms with E-state index in [-0.39, 0.29) is 23.9 Å². The maximum absolute atomic E-state index is 11.4. The minimum Gasteiger partial charge on any atom is -0.299 e. The third-order valence-corrected chi connectivity index (χ3v) is 3.73. The van der Waals surface area contributed by atoms with E-state index in [0.29, 0.717) is 12.8 Å². The standard InChI is InChI=1S/C13H14BO2S/c1-14-17-13-4-2-9(3-5-13)10-6-11(15)8-12(16)7-10/h2-5,10H,6-8H2,1H3. The summed E-state index contributed by atoms with van der Waals surface area (Å²) in [5.74, 6) is 0.242. The average molecular weight is 245 g/mol. The molecule has 0 atom stereocenters. The van der Waals surface area contributed by atoms with Gasteiger partial charge in [-0.3, -0.25) is 9.59 Å². The highest BCUT2D eigenvalue weighted by molar-refractivity contribution is 8.22. The molecule has 1 aliphatic rings. The first-order valence-electron chi connectivity index (χ1n) is 5.77. The fourth-order valence-electron chi connectivity index (χ4n) is 2.18. The van der Waals surface area contributed by atoms with Gasteiger partial charge in [0.1, 0.15) is 11.6 Å². The Bertz CT molecular complexity index is 412. The van der Waals surface area contributed by atoms with Crippen LogP contribution in [-0.4, -0.2) is 18.1 Å². The van der Waals surface area contributed by atoms with E-state index in [0.717, 1.165) is 5.56 Å². The van der Waals surface area contributed by atoms with Crippen LogP contribution in [0.1, 0.15) is 30.7 Å².